The lowest BCUT2D eigenvalue weighted by Crippen LogP contribution is -2.22. The first kappa shape index (κ1) is 14.8. The molecule has 1 heterocycles. The molecule has 106 valence electrons. The lowest BCUT2D eigenvalue weighted by molar-refractivity contribution is 0.414. The molecule has 0 spiro atoms. The van der Waals surface area contributed by atoms with Gasteiger partial charge in [0.25, 0.3) is 0 Å². The molecule has 2 rings (SSSR count). The summed E-state index contributed by atoms with van der Waals surface area (Å²) in [6.45, 7) is 3.04. The highest BCUT2D eigenvalue weighted by Gasteiger charge is 2.11. The summed E-state index contributed by atoms with van der Waals surface area (Å²) in [5.41, 5.74) is 1.25. The SMILES string of the molecule is CCNC(CSc1cnccn1)c1ccc(OC)cc1. The molecule has 1 aromatic heterocycles. The Morgan fingerprint density at radius 3 is 2.65 bits per heavy atom. The monoisotopic (exact) mass is 289 g/mol. The first-order valence-corrected chi connectivity index (χ1v) is 7.58. The van der Waals surface area contributed by atoms with E-state index in [4.69, 9.17) is 4.74 Å². The zero-order chi connectivity index (χ0) is 14.2. The molecule has 0 bridgehead atoms. The molecule has 1 N–H and O–H groups in total. The van der Waals surface area contributed by atoms with Crippen molar-refractivity contribution in [3.63, 3.8) is 0 Å². The summed E-state index contributed by atoms with van der Waals surface area (Å²) in [4.78, 5) is 8.37. The number of rotatable bonds is 7. The number of thioether (sulfide) groups is 1. The highest BCUT2D eigenvalue weighted by Crippen LogP contribution is 2.24. The second-order valence-electron chi connectivity index (χ2n) is 4.24. The quantitative estimate of drug-likeness (QED) is 0.794. The normalized spacial score (nSPS) is 12.1. The van der Waals surface area contributed by atoms with Gasteiger partial charge in [0, 0.05) is 24.2 Å². The van der Waals surface area contributed by atoms with Crippen LogP contribution in [0.15, 0.2) is 47.9 Å². The van der Waals surface area contributed by atoms with Crippen molar-refractivity contribution in [2.75, 3.05) is 19.4 Å². The number of nitrogens with one attached hydrogen (secondary N) is 1. The van der Waals surface area contributed by atoms with Gasteiger partial charge in [0.05, 0.1) is 13.3 Å². The molecule has 0 aliphatic carbocycles. The highest BCUT2D eigenvalue weighted by molar-refractivity contribution is 7.99. The van der Waals surface area contributed by atoms with Crippen molar-refractivity contribution < 1.29 is 4.74 Å². The fourth-order valence-corrected chi connectivity index (χ4v) is 2.80. The summed E-state index contributed by atoms with van der Waals surface area (Å²) in [5.74, 6) is 1.80. The van der Waals surface area contributed by atoms with E-state index in [1.165, 1.54) is 5.56 Å². The molecular weight excluding hydrogens is 270 g/mol. The van der Waals surface area contributed by atoms with Crippen LogP contribution >= 0.6 is 11.8 Å². The number of ether oxygens (including phenoxy) is 1. The van der Waals surface area contributed by atoms with Crippen LogP contribution in [0.2, 0.25) is 0 Å². The van der Waals surface area contributed by atoms with Crippen LogP contribution in [-0.2, 0) is 0 Å². The van der Waals surface area contributed by atoms with Gasteiger partial charge in [-0.05, 0) is 24.2 Å². The highest BCUT2D eigenvalue weighted by atomic mass is 32.2. The van der Waals surface area contributed by atoms with Crippen LogP contribution in [0, 0.1) is 0 Å². The third kappa shape index (κ3) is 4.21. The van der Waals surface area contributed by atoms with Crippen LogP contribution in [0.1, 0.15) is 18.5 Å². The van der Waals surface area contributed by atoms with Gasteiger partial charge < -0.3 is 10.1 Å². The fraction of sp³-hybridized carbons (Fsp3) is 0.333. The predicted molar refractivity (Wildman–Crippen MR) is 82.2 cm³/mol. The number of aromatic nitrogens is 2. The van der Waals surface area contributed by atoms with Crippen molar-refractivity contribution in [3.05, 3.63) is 48.4 Å². The fourth-order valence-electron chi connectivity index (χ4n) is 1.88. The topological polar surface area (TPSA) is 47.0 Å². The van der Waals surface area contributed by atoms with Crippen molar-refractivity contribution in [1.29, 1.82) is 0 Å². The molecule has 5 heteroatoms. The molecule has 1 unspecified atom stereocenters. The van der Waals surface area contributed by atoms with E-state index in [1.807, 2.05) is 12.1 Å². The summed E-state index contributed by atoms with van der Waals surface area (Å²) in [6, 6.07) is 8.48. The van der Waals surface area contributed by atoms with E-state index in [0.717, 1.165) is 23.1 Å². The minimum atomic E-state index is 0.290. The predicted octanol–water partition coefficient (Wildman–Crippen LogP) is 2.93. The Kier molecular flexibility index (Phi) is 5.83. The molecule has 1 aromatic carbocycles. The van der Waals surface area contributed by atoms with Crippen molar-refractivity contribution in [2.45, 2.75) is 18.0 Å². The number of nitrogens with zero attached hydrogens (tertiary/aromatic N) is 2. The van der Waals surface area contributed by atoms with Crippen LogP contribution in [0.4, 0.5) is 0 Å². The van der Waals surface area contributed by atoms with Gasteiger partial charge in [-0.15, -0.1) is 11.8 Å². The van der Waals surface area contributed by atoms with E-state index in [1.54, 1.807) is 37.5 Å². The van der Waals surface area contributed by atoms with Crippen LogP contribution < -0.4 is 10.1 Å². The summed E-state index contributed by atoms with van der Waals surface area (Å²) < 4.78 is 5.19. The summed E-state index contributed by atoms with van der Waals surface area (Å²) in [5, 5.41) is 4.44. The molecule has 0 amide bonds. The average Bonchev–Trinajstić information content (AvgIpc) is 2.52. The van der Waals surface area contributed by atoms with E-state index >= 15 is 0 Å². The van der Waals surface area contributed by atoms with Gasteiger partial charge in [-0.3, -0.25) is 4.98 Å². The maximum absolute atomic E-state index is 5.19. The Hall–Kier alpha value is -1.59. The average molecular weight is 289 g/mol. The molecule has 20 heavy (non-hydrogen) atoms. The number of hydrogen-bond donors (Lipinski definition) is 1. The van der Waals surface area contributed by atoms with Gasteiger partial charge in [-0.25, -0.2) is 4.98 Å². The Morgan fingerprint density at radius 1 is 1.25 bits per heavy atom. The first-order chi connectivity index (χ1) is 9.83. The number of benzene rings is 1. The molecule has 0 fully saturated rings. The first-order valence-electron chi connectivity index (χ1n) is 6.59. The minimum Gasteiger partial charge on any atom is -0.497 e. The van der Waals surface area contributed by atoms with Crippen LogP contribution in [0.25, 0.3) is 0 Å². The Morgan fingerprint density at radius 2 is 2.05 bits per heavy atom. The van der Waals surface area contributed by atoms with Gasteiger partial charge in [0.2, 0.25) is 0 Å². The van der Waals surface area contributed by atoms with Crippen LogP contribution in [-0.4, -0.2) is 29.4 Å². The number of hydrogen-bond acceptors (Lipinski definition) is 5. The smallest absolute Gasteiger partial charge is 0.118 e. The Labute approximate surface area is 124 Å². The van der Waals surface area contributed by atoms with Crippen LogP contribution in [0.5, 0.6) is 5.75 Å². The van der Waals surface area contributed by atoms with Gasteiger partial charge in [-0.1, -0.05) is 19.1 Å². The van der Waals surface area contributed by atoms with Gasteiger partial charge in [-0.2, -0.15) is 0 Å². The molecule has 0 aliphatic heterocycles. The lowest BCUT2D eigenvalue weighted by Gasteiger charge is -2.18. The maximum Gasteiger partial charge on any atom is 0.118 e. The molecular formula is C15H19N3OS. The Balaban J connectivity index is 2.02. The minimum absolute atomic E-state index is 0.290. The second-order valence-corrected chi connectivity index (χ2v) is 5.28. The molecule has 1 atom stereocenters. The molecule has 0 saturated carbocycles. The van der Waals surface area contributed by atoms with E-state index in [-0.39, 0.29) is 6.04 Å². The van der Waals surface area contributed by atoms with Crippen molar-refractivity contribution in [3.8, 4) is 5.75 Å². The van der Waals surface area contributed by atoms with E-state index in [0.29, 0.717) is 0 Å². The maximum atomic E-state index is 5.19. The largest absolute Gasteiger partial charge is 0.497 e. The zero-order valence-electron chi connectivity index (χ0n) is 11.7. The Bertz CT molecular complexity index is 504. The summed E-state index contributed by atoms with van der Waals surface area (Å²) in [7, 11) is 1.68. The van der Waals surface area contributed by atoms with Crippen LogP contribution in [0.3, 0.4) is 0 Å². The van der Waals surface area contributed by atoms with E-state index in [9.17, 15) is 0 Å². The second kappa shape index (κ2) is 7.87. The van der Waals surface area contributed by atoms with Gasteiger partial charge in [0.15, 0.2) is 0 Å². The molecule has 0 saturated heterocycles. The number of methoxy groups -OCH3 is 1. The lowest BCUT2D eigenvalue weighted by atomic mass is 10.1. The third-order valence-corrected chi connectivity index (χ3v) is 3.91. The van der Waals surface area contributed by atoms with E-state index in [2.05, 4.69) is 34.3 Å². The van der Waals surface area contributed by atoms with Crippen molar-refractivity contribution >= 4 is 11.8 Å². The molecule has 4 nitrogen and oxygen atoms in total. The van der Waals surface area contributed by atoms with Crippen molar-refractivity contribution in [1.82, 2.24) is 15.3 Å². The molecule has 2 aromatic rings. The van der Waals surface area contributed by atoms with Gasteiger partial charge in [0.1, 0.15) is 10.8 Å². The van der Waals surface area contributed by atoms with E-state index < -0.39 is 0 Å². The third-order valence-electron chi connectivity index (χ3n) is 2.91. The summed E-state index contributed by atoms with van der Waals surface area (Å²) >= 11 is 1.71. The standard InChI is InChI=1S/C15H19N3OS/c1-3-17-14(11-20-15-10-16-8-9-18-15)12-4-6-13(19-2)7-5-12/h4-10,14,17H,3,11H2,1-2H3. The molecule has 0 aliphatic rings. The molecule has 0 radical (unpaired) electrons. The van der Waals surface area contributed by atoms with Gasteiger partial charge >= 0.3 is 0 Å². The zero-order valence-corrected chi connectivity index (χ0v) is 12.6. The summed E-state index contributed by atoms with van der Waals surface area (Å²) in [6.07, 6.45) is 5.20. The van der Waals surface area contributed by atoms with Crippen molar-refractivity contribution in [2.24, 2.45) is 0 Å².